The first-order valence-electron chi connectivity index (χ1n) is 6.84. The van der Waals surface area contributed by atoms with Gasteiger partial charge in [0, 0.05) is 12.6 Å². The standard InChI is InChI=1S/C17H20FNO/c1-13(14-8-4-2-5-9-14)19-12-16(20)17(18)15-10-6-3-7-11-15/h2-11,13,16-17,19-20H,12H2,1H3/t13-,16+,17-/m1/s1. The molecule has 2 rings (SSSR count). The molecular formula is C17H20FNO. The fraction of sp³-hybridized carbons (Fsp3) is 0.294. The lowest BCUT2D eigenvalue weighted by Crippen LogP contribution is -2.32. The topological polar surface area (TPSA) is 32.3 Å². The average molecular weight is 273 g/mol. The van der Waals surface area contributed by atoms with E-state index in [9.17, 15) is 9.50 Å². The molecule has 0 aliphatic carbocycles. The number of benzene rings is 2. The van der Waals surface area contributed by atoms with Crippen LogP contribution in [0.3, 0.4) is 0 Å². The largest absolute Gasteiger partial charge is 0.388 e. The third-order valence-electron chi connectivity index (χ3n) is 3.39. The summed E-state index contributed by atoms with van der Waals surface area (Å²) in [6.07, 6.45) is -2.42. The summed E-state index contributed by atoms with van der Waals surface area (Å²) in [5.41, 5.74) is 1.63. The van der Waals surface area contributed by atoms with Crippen molar-refractivity contribution in [2.45, 2.75) is 25.2 Å². The summed E-state index contributed by atoms with van der Waals surface area (Å²) in [5, 5.41) is 13.1. The third kappa shape index (κ3) is 3.89. The summed E-state index contributed by atoms with van der Waals surface area (Å²) in [6, 6.07) is 18.7. The molecule has 106 valence electrons. The van der Waals surface area contributed by atoms with Crippen molar-refractivity contribution in [2.75, 3.05) is 6.54 Å². The Labute approximate surface area is 119 Å². The van der Waals surface area contributed by atoms with Gasteiger partial charge in [-0.05, 0) is 18.1 Å². The van der Waals surface area contributed by atoms with Crippen molar-refractivity contribution in [3.05, 3.63) is 71.8 Å². The Morgan fingerprint density at radius 1 is 0.950 bits per heavy atom. The smallest absolute Gasteiger partial charge is 0.152 e. The highest BCUT2D eigenvalue weighted by atomic mass is 19.1. The number of halogens is 1. The lowest BCUT2D eigenvalue weighted by Gasteiger charge is -2.20. The molecule has 0 aliphatic heterocycles. The Morgan fingerprint density at radius 3 is 2.00 bits per heavy atom. The minimum Gasteiger partial charge on any atom is -0.388 e. The number of aliphatic hydroxyl groups excluding tert-OH is 1. The van der Waals surface area contributed by atoms with Gasteiger partial charge in [-0.3, -0.25) is 0 Å². The van der Waals surface area contributed by atoms with Gasteiger partial charge in [-0.2, -0.15) is 0 Å². The van der Waals surface area contributed by atoms with Crippen molar-refractivity contribution >= 4 is 0 Å². The fourth-order valence-electron chi connectivity index (χ4n) is 2.12. The highest BCUT2D eigenvalue weighted by Gasteiger charge is 2.20. The minimum absolute atomic E-state index is 0.0776. The molecule has 2 aromatic carbocycles. The molecule has 0 heterocycles. The molecule has 0 amide bonds. The van der Waals surface area contributed by atoms with Crippen LogP contribution in [-0.4, -0.2) is 17.8 Å². The van der Waals surface area contributed by atoms with E-state index in [4.69, 9.17) is 0 Å². The normalized spacial score (nSPS) is 15.6. The van der Waals surface area contributed by atoms with Crippen molar-refractivity contribution in [1.82, 2.24) is 5.32 Å². The molecule has 3 atom stereocenters. The van der Waals surface area contributed by atoms with E-state index >= 15 is 0 Å². The van der Waals surface area contributed by atoms with Crippen LogP contribution in [-0.2, 0) is 0 Å². The summed E-state index contributed by atoms with van der Waals surface area (Å²) in [4.78, 5) is 0. The zero-order chi connectivity index (χ0) is 14.4. The number of hydrogen-bond donors (Lipinski definition) is 2. The summed E-state index contributed by atoms with van der Waals surface area (Å²) >= 11 is 0. The van der Waals surface area contributed by atoms with E-state index in [0.717, 1.165) is 5.56 Å². The van der Waals surface area contributed by atoms with Crippen LogP contribution < -0.4 is 5.32 Å². The van der Waals surface area contributed by atoms with Crippen molar-refractivity contribution in [3.8, 4) is 0 Å². The number of rotatable bonds is 6. The number of alkyl halides is 1. The molecule has 2 N–H and O–H groups in total. The second-order valence-corrected chi connectivity index (χ2v) is 4.92. The maximum Gasteiger partial charge on any atom is 0.152 e. The molecular weight excluding hydrogens is 253 g/mol. The van der Waals surface area contributed by atoms with Gasteiger partial charge in [0.05, 0.1) is 0 Å². The Hall–Kier alpha value is -1.71. The lowest BCUT2D eigenvalue weighted by atomic mass is 10.0. The van der Waals surface area contributed by atoms with Crippen LogP contribution in [0.1, 0.15) is 30.3 Å². The van der Waals surface area contributed by atoms with Crippen LogP contribution in [0, 0.1) is 0 Å². The van der Waals surface area contributed by atoms with Crippen molar-refractivity contribution in [3.63, 3.8) is 0 Å². The number of aliphatic hydroxyl groups is 1. The van der Waals surface area contributed by atoms with E-state index < -0.39 is 12.3 Å². The van der Waals surface area contributed by atoms with Gasteiger partial charge in [0.1, 0.15) is 6.10 Å². The Balaban J connectivity index is 1.87. The molecule has 0 fully saturated rings. The van der Waals surface area contributed by atoms with Crippen LogP contribution in [0.4, 0.5) is 4.39 Å². The van der Waals surface area contributed by atoms with Crippen LogP contribution in [0.25, 0.3) is 0 Å². The minimum atomic E-state index is -1.37. The van der Waals surface area contributed by atoms with E-state index in [1.165, 1.54) is 0 Å². The molecule has 0 spiro atoms. The molecule has 0 saturated heterocycles. The maximum absolute atomic E-state index is 14.1. The van der Waals surface area contributed by atoms with Crippen LogP contribution in [0.15, 0.2) is 60.7 Å². The summed E-state index contributed by atoms with van der Waals surface area (Å²) in [5.74, 6) is 0. The quantitative estimate of drug-likeness (QED) is 0.845. The maximum atomic E-state index is 14.1. The second-order valence-electron chi connectivity index (χ2n) is 4.92. The highest BCUT2D eigenvalue weighted by Crippen LogP contribution is 2.21. The van der Waals surface area contributed by atoms with Crippen LogP contribution >= 0.6 is 0 Å². The van der Waals surface area contributed by atoms with Crippen molar-refractivity contribution in [2.24, 2.45) is 0 Å². The Bertz CT molecular complexity index is 503. The van der Waals surface area contributed by atoms with Gasteiger partial charge >= 0.3 is 0 Å². The molecule has 3 heteroatoms. The molecule has 0 radical (unpaired) electrons. The zero-order valence-corrected chi connectivity index (χ0v) is 11.5. The number of nitrogens with one attached hydrogen (secondary N) is 1. The summed E-state index contributed by atoms with van der Waals surface area (Å²) < 4.78 is 14.1. The lowest BCUT2D eigenvalue weighted by molar-refractivity contribution is 0.0750. The Morgan fingerprint density at radius 2 is 1.45 bits per heavy atom. The molecule has 2 aromatic rings. The monoisotopic (exact) mass is 273 g/mol. The van der Waals surface area contributed by atoms with E-state index in [2.05, 4.69) is 5.32 Å². The molecule has 0 aromatic heterocycles. The first kappa shape index (κ1) is 14.7. The van der Waals surface area contributed by atoms with Crippen LogP contribution in [0.5, 0.6) is 0 Å². The zero-order valence-electron chi connectivity index (χ0n) is 11.5. The average Bonchev–Trinajstić information content (AvgIpc) is 2.53. The fourth-order valence-corrected chi connectivity index (χ4v) is 2.12. The van der Waals surface area contributed by atoms with Gasteiger partial charge in [-0.1, -0.05) is 60.7 Å². The van der Waals surface area contributed by atoms with E-state index in [1.807, 2.05) is 43.3 Å². The summed E-state index contributed by atoms with van der Waals surface area (Å²) in [7, 11) is 0. The highest BCUT2D eigenvalue weighted by molar-refractivity contribution is 5.19. The predicted octanol–water partition coefficient (Wildman–Crippen LogP) is 3.41. The second kappa shape index (κ2) is 7.17. The van der Waals surface area contributed by atoms with Crippen molar-refractivity contribution < 1.29 is 9.50 Å². The molecule has 0 aliphatic rings. The van der Waals surface area contributed by atoms with Gasteiger partial charge in [0.2, 0.25) is 0 Å². The number of hydrogen-bond acceptors (Lipinski definition) is 2. The van der Waals surface area contributed by atoms with Gasteiger partial charge in [-0.25, -0.2) is 4.39 Å². The van der Waals surface area contributed by atoms with Crippen LogP contribution in [0.2, 0.25) is 0 Å². The van der Waals surface area contributed by atoms with Gasteiger partial charge in [-0.15, -0.1) is 0 Å². The first-order valence-corrected chi connectivity index (χ1v) is 6.84. The molecule has 0 saturated carbocycles. The van der Waals surface area contributed by atoms with E-state index in [0.29, 0.717) is 5.56 Å². The third-order valence-corrected chi connectivity index (χ3v) is 3.39. The first-order chi connectivity index (χ1) is 9.68. The van der Waals surface area contributed by atoms with Gasteiger partial charge in [0.15, 0.2) is 6.17 Å². The molecule has 20 heavy (non-hydrogen) atoms. The van der Waals surface area contributed by atoms with Gasteiger partial charge < -0.3 is 10.4 Å². The molecule has 0 unspecified atom stereocenters. The van der Waals surface area contributed by atoms with E-state index in [-0.39, 0.29) is 12.6 Å². The van der Waals surface area contributed by atoms with Crippen molar-refractivity contribution in [1.29, 1.82) is 0 Å². The molecule has 2 nitrogen and oxygen atoms in total. The summed E-state index contributed by atoms with van der Waals surface area (Å²) in [6.45, 7) is 2.21. The Kier molecular flexibility index (Phi) is 5.27. The van der Waals surface area contributed by atoms with E-state index in [1.54, 1.807) is 24.3 Å². The SMILES string of the molecule is C[C@@H](NC[C@H](O)[C@H](F)c1ccccc1)c1ccccc1. The van der Waals surface area contributed by atoms with Gasteiger partial charge in [0.25, 0.3) is 0 Å². The predicted molar refractivity (Wildman–Crippen MR) is 79.2 cm³/mol. The molecule has 0 bridgehead atoms.